The third-order valence-electron chi connectivity index (χ3n) is 3.48. The molecule has 0 fully saturated rings. The van der Waals surface area contributed by atoms with E-state index < -0.39 is 0 Å². The molecule has 0 unspecified atom stereocenters. The van der Waals surface area contributed by atoms with Crippen molar-refractivity contribution < 1.29 is 4.92 Å². The number of benzene rings is 1. The van der Waals surface area contributed by atoms with E-state index in [1.807, 2.05) is 6.07 Å². The number of nitrogens with zero attached hydrogens (tertiary/aromatic N) is 2. The highest BCUT2D eigenvalue weighted by molar-refractivity contribution is 5.67. The van der Waals surface area contributed by atoms with Crippen LogP contribution in [0.15, 0.2) is 18.2 Å². The van der Waals surface area contributed by atoms with E-state index in [1.54, 1.807) is 12.1 Å². The highest BCUT2D eigenvalue weighted by atomic mass is 16.6. The smallest absolute Gasteiger partial charge is 0.292 e. The predicted octanol–water partition coefficient (Wildman–Crippen LogP) is 2.79. The van der Waals surface area contributed by atoms with Gasteiger partial charge in [0.2, 0.25) is 0 Å². The van der Waals surface area contributed by atoms with Crippen LogP contribution in [0.1, 0.15) is 31.9 Å². The van der Waals surface area contributed by atoms with Gasteiger partial charge in [-0.25, -0.2) is 0 Å². The van der Waals surface area contributed by atoms with Gasteiger partial charge in [-0.3, -0.25) is 15.0 Å². The fourth-order valence-corrected chi connectivity index (χ4v) is 2.56. The van der Waals surface area contributed by atoms with Crippen LogP contribution in [-0.4, -0.2) is 29.5 Å². The Kier molecular flexibility index (Phi) is 3.81. The summed E-state index contributed by atoms with van der Waals surface area (Å²) >= 11 is 0. The first-order chi connectivity index (χ1) is 8.65. The van der Waals surface area contributed by atoms with Crippen LogP contribution < -0.4 is 5.32 Å². The van der Waals surface area contributed by atoms with Crippen LogP contribution in [0.4, 0.5) is 11.4 Å². The van der Waals surface area contributed by atoms with E-state index in [1.165, 1.54) is 0 Å². The number of hydrogen-bond acceptors (Lipinski definition) is 4. The molecule has 1 aromatic rings. The van der Waals surface area contributed by atoms with Gasteiger partial charge in [0, 0.05) is 25.2 Å². The van der Waals surface area contributed by atoms with Crippen molar-refractivity contribution in [3.8, 4) is 0 Å². The number of para-hydroxylation sites is 1. The van der Waals surface area contributed by atoms with Crippen LogP contribution in [0.25, 0.3) is 0 Å². The topological polar surface area (TPSA) is 58.4 Å². The third-order valence-corrected chi connectivity index (χ3v) is 3.48. The molecular formula is C13H19N3O2. The number of fused-ring (bicyclic) bond motifs is 1. The summed E-state index contributed by atoms with van der Waals surface area (Å²) in [5.74, 6) is 0. The van der Waals surface area contributed by atoms with Gasteiger partial charge >= 0.3 is 0 Å². The molecule has 0 saturated carbocycles. The standard InChI is InChI=1S/C13H19N3O2/c1-3-8-15-9-7-14-13-11(10(15)2)5-4-6-12(13)16(17)18/h4-6,10,14H,3,7-9H2,1-2H3/t10-/m1/s1. The van der Waals surface area contributed by atoms with Gasteiger partial charge in [-0.2, -0.15) is 0 Å². The molecular weight excluding hydrogens is 230 g/mol. The average molecular weight is 249 g/mol. The molecule has 0 aromatic heterocycles. The van der Waals surface area contributed by atoms with Crippen LogP contribution in [0.5, 0.6) is 0 Å². The lowest BCUT2D eigenvalue weighted by molar-refractivity contribution is -0.384. The summed E-state index contributed by atoms with van der Waals surface area (Å²) in [6.45, 7) is 6.96. The molecule has 0 aliphatic carbocycles. The number of hydrogen-bond donors (Lipinski definition) is 1. The highest BCUT2D eigenvalue weighted by Crippen LogP contribution is 2.36. The minimum atomic E-state index is -0.311. The van der Waals surface area contributed by atoms with Gasteiger partial charge in [0.05, 0.1) is 4.92 Å². The lowest BCUT2D eigenvalue weighted by Crippen LogP contribution is -2.29. The molecule has 98 valence electrons. The monoisotopic (exact) mass is 249 g/mol. The van der Waals surface area contributed by atoms with E-state index in [9.17, 15) is 10.1 Å². The third kappa shape index (κ3) is 2.31. The van der Waals surface area contributed by atoms with E-state index in [-0.39, 0.29) is 16.7 Å². The maximum atomic E-state index is 11.1. The molecule has 1 heterocycles. The van der Waals surface area contributed by atoms with Crippen molar-refractivity contribution in [2.45, 2.75) is 26.3 Å². The summed E-state index contributed by atoms with van der Waals surface area (Å²) in [7, 11) is 0. The van der Waals surface area contributed by atoms with Crippen LogP contribution in [0.3, 0.4) is 0 Å². The number of rotatable bonds is 3. The average Bonchev–Trinajstić information content (AvgIpc) is 2.51. The molecule has 5 nitrogen and oxygen atoms in total. The number of anilines is 1. The largest absolute Gasteiger partial charge is 0.378 e. The SMILES string of the molecule is CCCN1CCNc2c(cccc2[N+](=O)[O-])[C@H]1C. The van der Waals surface area contributed by atoms with Crippen LogP contribution >= 0.6 is 0 Å². The van der Waals surface area contributed by atoms with E-state index in [2.05, 4.69) is 24.1 Å². The molecule has 0 amide bonds. The van der Waals surface area contributed by atoms with Crippen molar-refractivity contribution in [2.75, 3.05) is 25.0 Å². The summed E-state index contributed by atoms with van der Waals surface area (Å²) in [6, 6.07) is 5.53. The summed E-state index contributed by atoms with van der Waals surface area (Å²) in [4.78, 5) is 13.1. The Morgan fingerprint density at radius 3 is 3.00 bits per heavy atom. The van der Waals surface area contributed by atoms with Gasteiger partial charge in [0.1, 0.15) is 5.69 Å². The number of nitrogens with one attached hydrogen (secondary N) is 1. The zero-order chi connectivity index (χ0) is 13.1. The Bertz CT molecular complexity index is 448. The van der Waals surface area contributed by atoms with Gasteiger partial charge in [0.25, 0.3) is 5.69 Å². The Morgan fingerprint density at radius 1 is 1.56 bits per heavy atom. The van der Waals surface area contributed by atoms with Crippen molar-refractivity contribution >= 4 is 11.4 Å². The van der Waals surface area contributed by atoms with Gasteiger partial charge in [-0.05, 0) is 25.5 Å². The zero-order valence-electron chi connectivity index (χ0n) is 10.8. The first-order valence-electron chi connectivity index (χ1n) is 6.40. The Balaban J connectivity index is 2.41. The quantitative estimate of drug-likeness (QED) is 0.661. The summed E-state index contributed by atoms with van der Waals surface area (Å²) in [5, 5.41) is 14.3. The molecule has 5 heteroatoms. The van der Waals surface area contributed by atoms with Crippen LogP contribution in [-0.2, 0) is 0 Å². The lowest BCUT2D eigenvalue weighted by atomic mass is 10.0. The van der Waals surface area contributed by atoms with Crippen LogP contribution in [0.2, 0.25) is 0 Å². The second kappa shape index (κ2) is 5.35. The Labute approximate surface area is 107 Å². The zero-order valence-corrected chi connectivity index (χ0v) is 10.8. The van der Waals surface area contributed by atoms with Crippen molar-refractivity contribution in [1.82, 2.24) is 4.90 Å². The molecule has 0 radical (unpaired) electrons. The fraction of sp³-hybridized carbons (Fsp3) is 0.538. The maximum absolute atomic E-state index is 11.1. The van der Waals surface area contributed by atoms with E-state index >= 15 is 0 Å². The minimum Gasteiger partial charge on any atom is -0.378 e. The molecule has 1 atom stereocenters. The molecule has 1 aliphatic rings. The molecule has 0 bridgehead atoms. The van der Waals surface area contributed by atoms with Gasteiger partial charge < -0.3 is 5.32 Å². The molecule has 0 saturated heterocycles. The summed E-state index contributed by atoms with van der Waals surface area (Å²) in [6.07, 6.45) is 1.09. The minimum absolute atomic E-state index is 0.178. The number of nitro groups is 1. The first-order valence-corrected chi connectivity index (χ1v) is 6.40. The maximum Gasteiger partial charge on any atom is 0.292 e. The van der Waals surface area contributed by atoms with E-state index in [0.717, 1.165) is 31.6 Å². The van der Waals surface area contributed by atoms with Crippen molar-refractivity contribution in [3.05, 3.63) is 33.9 Å². The predicted molar refractivity (Wildman–Crippen MR) is 71.9 cm³/mol. The normalized spacial score (nSPS) is 19.8. The molecule has 2 rings (SSSR count). The molecule has 0 spiro atoms. The second-order valence-electron chi connectivity index (χ2n) is 4.64. The van der Waals surface area contributed by atoms with Gasteiger partial charge in [-0.15, -0.1) is 0 Å². The van der Waals surface area contributed by atoms with Gasteiger partial charge in [0.15, 0.2) is 0 Å². The summed E-state index contributed by atoms with van der Waals surface area (Å²) in [5.41, 5.74) is 1.89. The van der Waals surface area contributed by atoms with Crippen molar-refractivity contribution in [1.29, 1.82) is 0 Å². The van der Waals surface area contributed by atoms with Crippen LogP contribution in [0, 0.1) is 10.1 Å². The van der Waals surface area contributed by atoms with Gasteiger partial charge in [-0.1, -0.05) is 19.1 Å². The molecule has 1 aromatic carbocycles. The van der Waals surface area contributed by atoms with Crippen molar-refractivity contribution in [2.24, 2.45) is 0 Å². The lowest BCUT2D eigenvalue weighted by Gasteiger charge is -2.26. The summed E-state index contributed by atoms with van der Waals surface area (Å²) < 4.78 is 0. The van der Waals surface area contributed by atoms with E-state index in [0.29, 0.717) is 5.69 Å². The first kappa shape index (κ1) is 12.8. The fourth-order valence-electron chi connectivity index (χ4n) is 2.56. The van der Waals surface area contributed by atoms with Crippen molar-refractivity contribution in [3.63, 3.8) is 0 Å². The number of nitro benzene ring substituents is 1. The Morgan fingerprint density at radius 2 is 2.33 bits per heavy atom. The highest BCUT2D eigenvalue weighted by Gasteiger charge is 2.26. The van der Waals surface area contributed by atoms with E-state index in [4.69, 9.17) is 0 Å². The molecule has 18 heavy (non-hydrogen) atoms. The Hall–Kier alpha value is -1.62. The molecule has 1 aliphatic heterocycles. The second-order valence-corrected chi connectivity index (χ2v) is 4.64. The molecule has 1 N–H and O–H groups in total.